The Balaban J connectivity index is 2.16. The summed E-state index contributed by atoms with van der Waals surface area (Å²) < 4.78 is 13.1. The summed E-state index contributed by atoms with van der Waals surface area (Å²) in [5, 5.41) is 17.0. The lowest BCUT2D eigenvalue weighted by atomic mass is 10.2. The van der Waals surface area contributed by atoms with Crippen LogP contribution in [0, 0.1) is 15.9 Å². The summed E-state index contributed by atoms with van der Waals surface area (Å²) >= 11 is 0. The summed E-state index contributed by atoms with van der Waals surface area (Å²) in [4.78, 5) is 10.5. The largest absolute Gasteiger partial charge is 0.385 e. The average Bonchev–Trinajstić information content (AvgIpc) is 2.45. The van der Waals surface area contributed by atoms with Gasteiger partial charge in [-0.15, -0.1) is 0 Å². The fraction of sp³-hybridized carbons (Fsp3) is 0.200. The molecule has 2 aromatic carbocycles. The highest BCUT2D eigenvalue weighted by molar-refractivity contribution is 5.63. The van der Waals surface area contributed by atoms with Crippen molar-refractivity contribution in [2.75, 3.05) is 17.2 Å². The predicted octanol–water partition coefficient (Wildman–Crippen LogP) is 3.78. The first-order valence-electron chi connectivity index (χ1n) is 6.60. The molecule has 0 amide bonds. The van der Waals surface area contributed by atoms with Crippen LogP contribution in [0.4, 0.5) is 21.5 Å². The zero-order valence-electron chi connectivity index (χ0n) is 11.6. The molecule has 0 radical (unpaired) electrons. The third kappa shape index (κ3) is 4.17. The van der Waals surface area contributed by atoms with Gasteiger partial charge < -0.3 is 10.6 Å². The first-order valence-corrected chi connectivity index (χ1v) is 6.60. The maximum atomic E-state index is 13.1. The predicted molar refractivity (Wildman–Crippen MR) is 81.0 cm³/mol. The van der Waals surface area contributed by atoms with Gasteiger partial charge in [-0.3, -0.25) is 10.1 Å². The highest BCUT2D eigenvalue weighted by atomic mass is 19.1. The Hall–Kier alpha value is -2.63. The molecule has 0 aliphatic carbocycles. The van der Waals surface area contributed by atoms with Crippen LogP contribution >= 0.6 is 0 Å². The molecule has 0 saturated heterocycles. The minimum Gasteiger partial charge on any atom is -0.385 e. The molecule has 2 aromatic rings. The summed E-state index contributed by atoms with van der Waals surface area (Å²) in [6.45, 7) is 2.98. The molecule has 5 nitrogen and oxygen atoms in total. The Kier molecular flexibility index (Phi) is 4.71. The second-order valence-corrected chi connectivity index (χ2v) is 4.54. The van der Waals surface area contributed by atoms with E-state index < -0.39 is 4.92 Å². The topological polar surface area (TPSA) is 67.2 Å². The van der Waals surface area contributed by atoms with Crippen molar-refractivity contribution in [1.82, 2.24) is 0 Å². The fourth-order valence-corrected chi connectivity index (χ4v) is 1.98. The van der Waals surface area contributed by atoms with Crippen molar-refractivity contribution in [2.45, 2.75) is 13.5 Å². The van der Waals surface area contributed by atoms with Gasteiger partial charge in [-0.05, 0) is 30.7 Å². The van der Waals surface area contributed by atoms with Gasteiger partial charge in [-0.2, -0.15) is 0 Å². The highest BCUT2D eigenvalue weighted by Gasteiger charge is 2.09. The minimum atomic E-state index is -0.436. The number of anilines is 2. The Labute approximate surface area is 122 Å². The van der Waals surface area contributed by atoms with Crippen LogP contribution in [-0.2, 0) is 6.54 Å². The Morgan fingerprint density at radius 1 is 1.14 bits per heavy atom. The molecule has 0 aromatic heterocycles. The van der Waals surface area contributed by atoms with Crippen molar-refractivity contribution >= 4 is 17.1 Å². The zero-order chi connectivity index (χ0) is 15.2. The Morgan fingerprint density at radius 3 is 2.48 bits per heavy atom. The standard InChI is InChI=1S/C15H16FN3O2/c1-2-17-13-7-14(9-15(8-13)19(20)21)18-10-11-4-3-5-12(16)6-11/h3-9,17-18H,2,10H2,1H3. The van der Waals surface area contributed by atoms with E-state index in [-0.39, 0.29) is 11.5 Å². The molecular formula is C15H16FN3O2. The summed E-state index contributed by atoms with van der Waals surface area (Å²) in [7, 11) is 0. The molecule has 0 aliphatic heterocycles. The molecule has 6 heteroatoms. The smallest absolute Gasteiger partial charge is 0.273 e. The van der Waals surface area contributed by atoms with E-state index in [0.717, 1.165) is 5.56 Å². The van der Waals surface area contributed by atoms with E-state index in [0.29, 0.717) is 24.5 Å². The summed E-state index contributed by atoms with van der Waals surface area (Å²) in [5.74, 6) is -0.304. The van der Waals surface area contributed by atoms with E-state index in [1.807, 2.05) is 6.92 Å². The van der Waals surface area contributed by atoms with E-state index in [4.69, 9.17) is 0 Å². The Morgan fingerprint density at radius 2 is 1.86 bits per heavy atom. The Bertz CT molecular complexity index is 647. The van der Waals surface area contributed by atoms with Gasteiger partial charge in [0.1, 0.15) is 5.82 Å². The van der Waals surface area contributed by atoms with Crippen LogP contribution in [0.15, 0.2) is 42.5 Å². The maximum absolute atomic E-state index is 13.1. The number of hydrogen-bond acceptors (Lipinski definition) is 4. The first kappa shape index (κ1) is 14.8. The van der Waals surface area contributed by atoms with Crippen LogP contribution in [0.5, 0.6) is 0 Å². The molecule has 110 valence electrons. The van der Waals surface area contributed by atoms with E-state index >= 15 is 0 Å². The molecular weight excluding hydrogens is 273 g/mol. The molecule has 0 atom stereocenters. The van der Waals surface area contributed by atoms with Crippen LogP contribution in [0.25, 0.3) is 0 Å². The van der Waals surface area contributed by atoms with Crippen molar-refractivity contribution in [3.05, 3.63) is 64.0 Å². The summed E-state index contributed by atoms with van der Waals surface area (Å²) in [6.07, 6.45) is 0. The second-order valence-electron chi connectivity index (χ2n) is 4.54. The number of hydrogen-bond donors (Lipinski definition) is 2. The van der Waals surface area contributed by atoms with Gasteiger partial charge in [0.2, 0.25) is 0 Å². The van der Waals surface area contributed by atoms with Crippen LogP contribution in [0.2, 0.25) is 0 Å². The molecule has 0 heterocycles. The van der Waals surface area contributed by atoms with Crippen molar-refractivity contribution in [2.24, 2.45) is 0 Å². The van der Waals surface area contributed by atoms with Crippen molar-refractivity contribution in [3.8, 4) is 0 Å². The van der Waals surface area contributed by atoms with Crippen molar-refractivity contribution < 1.29 is 9.31 Å². The molecule has 2 rings (SSSR count). The van der Waals surface area contributed by atoms with Crippen molar-refractivity contribution in [3.63, 3.8) is 0 Å². The molecule has 0 aliphatic rings. The number of nitrogens with zero attached hydrogens (tertiary/aromatic N) is 1. The molecule has 0 bridgehead atoms. The van der Waals surface area contributed by atoms with Crippen LogP contribution in [0.1, 0.15) is 12.5 Å². The first-order chi connectivity index (χ1) is 10.1. The quantitative estimate of drug-likeness (QED) is 0.627. The van der Waals surface area contributed by atoms with Gasteiger partial charge in [0, 0.05) is 36.6 Å². The van der Waals surface area contributed by atoms with Gasteiger partial charge in [0.05, 0.1) is 4.92 Å². The SMILES string of the molecule is CCNc1cc(NCc2cccc(F)c2)cc([N+](=O)[O-])c1. The zero-order valence-corrected chi connectivity index (χ0v) is 11.6. The second kappa shape index (κ2) is 6.69. The molecule has 2 N–H and O–H groups in total. The van der Waals surface area contributed by atoms with Crippen LogP contribution in [0.3, 0.4) is 0 Å². The summed E-state index contributed by atoms with van der Waals surface area (Å²) in [6, 6.07) is 10.9. The van der Waals surface area contributed by atoms with Gasteiger partial charge in [-0.1, -0.05) is 12.1 Å². The molecule has 0 saturated carbocycles. The lowest BCUT2D eigenvalue weighted by Crippen LogP contribution is -2.03. The van der Waals surface area contributed by atoms with E-state index in [1.165, 1.54) is 24.3 Å². The number of nitro groups is 1. The van der Waals surface area contributed by atoms with Crippen LogP contribution < -0.4 is 10.6 Å². The van der Waals surface area contributed by atoms with E-state index in [9.17, 15) is 14.5 Å². The van der Waals surface area contributed by atoms with Crippen molar-refractivity contribution in [1.29, 1.82) is 0 Å². The summed E-state index contributed by atoms with van der Waals surface area (Å²) in [5.41, 5.74) is 2.07. The number of nitro benzene ring substituents is 1. The fourth-order valence-electron chi connectivity index (χ4n) is 1.98. The monoisotopic (exact) mass is 289 g/mol. The number of halogens is 1. The minimum absolute atomic E-state index is 0.00944. The lowest BCUT2D eigenvalue weighted by Gasteiger charge is -2.10. The molecule has 21 heavy (non-hydrogen) atoms. The molecule has 0 fully saturated rings. The highest BCUT2D eigenvalue weighted by Crippen LogP contribution is 2.24. The van der Waals surface area contributed by atoms with Gasteiger partial charge in [0.15, 0.2) is 0 Å². The third-order valence-electron chi connectivity index (χ3n) is 2.90. The number of benzene rings is 2. The van der Waals surface area contributed by atoms with Gasteiger partial charge >= 0.3 is 0 Å². The lowest BCUT2D eigenvalue weighted by molar-refractivity contribution is -0.384. The number of rotatable bonds is 6. The van der Waals surface area contributed by atoms with Gasteiger partial charge in [0.25, 0.3) is 5.69 Å². The molecule has 0 unspecified atom stereocenters. The van der Waals surface area contributed by atoms with E-state index in [2.05, 4.69) is 10.6 Å². The normalized spacial score (nSPS) is 10.2. The number of nitrogens with one attached hydrogen (secondary N) is 2. The van der Waals surface area contributed by atoms with Crippen LogP contribution in [-0.4, -0.2) is 11.5 Å². The van der Waals surface area contributed by atoms with E-state index in [1.54, 1.807) is 18.2 Å². The maximum Gasteiger partial charge on any atom is 0.273 e. The third-order valence-corrected chi connectivity index (χ3v) is 2.90. The average molecular weight is 289 g/mol. The molecule has 0 spiro atoms. The number of non-ortho nitro benzene ring substituents is 1. The van der Waals surface area contributed by atoms with Gasteiger partial charge in [-0.25, -0.2) is 4.39 Å².